The fraction of sp³-hybridized carbons (Fsp3) is 0.476. The van der Waals surface area contributed by atoms with Gasteiger partial charge in [-0.25, -0.2) is 4.79 Å². The largest absolute Gasteiger partial charge is 0.449 e. The Bertz CT molecular complexity index is 892. The summed E-state index contributed by atoms with van der Waals surface area (Å²) >= 11 is 0. The second-order valence-electron chi connectivity index (χ2n) is 7.05. The van der Waals surface area contributed by atoms with Gasteiger partial charge in [0.05, 0.1) is 0 Å². The van der Waals surface area contributed by atoms with Crippen LogP contribution in [0.5, 0.6) is 0 Å². The highest BCUT2D eigenvalue weighted by molar-refractivity contribution is 5.96. The molecule has 2 atom stereocenters. The van der Waals surface area contributed by atoms with Gasteiger partial charge in [-0.1, -0.05) is 6.92 Å². The molecule has 28 heavy (non-hydrogen) atoms. The Kier molecular flexibility index (Phi) is 5.88. The number of amides is 1. The van der Waals surface area contributed by atoms with E-state index in [1.54, 1.807) is 42.9 Å². The first kappa shape index (κ1) is 19.7. The lowest BCUT2D eigenvalue weighted by Gasteiger charge is -2.36. The van der Waals surface area contributed by atoms with E-state index in [0.29, 0.717) is 6.54 Å². The number of carbonyl (C=O) groups is 2. The van der Waals surface area contributed by atoms with E-state index in [2.05, 4.69) is 6.92 Å². The molecule has 7 nitrogen and oxygen atoms in total. The first-order valence-corrected chi connectivity index (χ1v) is 9.66. The number of furan rings is 1. The van der Waals surface area contributed by atoms with Crippen molar-refractivity contribution in [2.45, 2.75) is 58.6 Å². The Morgan fingerprint density at radius 1 is 1.36 bits per heavy atom. The van der Waals surface area contributed by atoms with Crippen LogP contribution >= 0.6 is 0 Å². The zero-order valence-corrected chi connectivity index (χ0v) is 16.5. The maximum absolute atomic E-state index is 12.8. The number of rotatable bonds is 5. The molecule has 2 aromatic rings. The Morgan fingerprint density at radius 2 is 2.07 bits per heavy atom. The third-order valence-electron chi connectivity index (χ3n) is 5.23. The van der Waals surface area contributed by atoms with Crippen LogP contribution in [-0.2, 0) is 9.53 Å². The molecule has 3 rings (SSSR count). The lowest BCUT2D eigenvalue weighted by molar-refractivity contribution is -0.143. The van der Waals surface area contributed by atoms with Crippen molar-refractivity contribution in [1.29, 1.82) is 5.26 Å². The van der Waals surface area contributed by atoms with Crippen molar-refractivity contribution in [2.24, 2.45) is 0 Å². The SMILES string of the molecule is CCC1CCCCN1C(=O)C(C)OC(=O)c1c(C)oc(-n2cccc2)c1C#N. The highest BCUT2D eigenvalue weighted by atomic mass is 16.5. The quantitative estimate of drug-likeness (QED) is 0.736. The number of nitriles is 1. The lowest BCUT2D eigenvalue weighted by atomic mass is 9.99. The van der Waals surface area contributed by atoms with E-state index in [0.717, 1.165) is 25.7 Å². The molecule has 0 radical (unpaired) electrons. The fourth-order valence-corrected chi connectivity index (χ4v) is 3.75. The summed E-state index contributed by atoms with van der Waals surface area (Å²) in [6, 6.07) is 5.80. The van der Waals surface area contributed by atoms with E-state index in [4.69, 9.17) is 9.15 Å². The van der Waals surface area contributed by atoms with Gasteiger partial charge in [-0.05, 0) is 51.7 Å². The topological polar surface area (TPSA) is 88.5 Å². The summed E-state index contributed by atoms with van der Waals surface area (Å²) in [5.74, 6) is -0.361. The van der Waals surface area contributed by atoms with Gasteiger partial charge in [0.25, 0.3) is 5.91 Å². The van der Waals surface area contributed by atoms with Crippen LogP contribution in [0.3, 0.4) is 0 Å². The molecule has 1 saturated heterocycles. The first-order valence-electron chi connectivity index (χ1n) is 9.66. The Balaban J connectivity index is 1.79. The molecule has 3 heterocycles. The molecule has 1 aliphatic rings. The molecule has 0 N–H and O–H groups in total. The van der Waals surface area contributed by atoms with Crippen LogP contribution in [0.2, 0.25) is 0 Å². The fourth-order valence-electron chi connectivity index (χ4n) is 3.75. The summed E-state index contributed by atoms with van der Waals surface area (Å²) in [5.41, 5.74) is 0.166. The maximum Gasteiger partial charge on any atom is 0.343 e. The van der Waals surface area contributed by atoms with Gasteiger partial charge < -0.3 is 14.1 Å². The standard InChI is InChI=1S/C21H25N3O4/c1-4-16-9-5-6-12-24(16)19(25)15(3)28-21(26)18-14(2)27-20(17(18)13-22)23-10-7-8-11-23/h7-8,10-11,15-16H,4-6,9,12H2,1-3H3. The molecule has 0 saturated carbocycles. The number of nitrogens with zero attached hydrogens (tertiary/aromatic N) is 3. The van der Waals surface area contributed by atoms with Crippen LogP contribution < -0.4 is 0 Å². The second-order valence-corrected chi connectivity index (χ2v) is 7.05. The Hall–Kier alpha value is -3.01. The normalized spacial score (nSPS) is 17.8. The number of carbonyl (C=O) groups excluding carboxylic acids is 2. The van der Waals surface area contributed by atoms with Crippen molar-refractivity contribution < 1.29 is 18.7 Å². The summed E-state index contributed by atoms with van der Waals surface area (Å²) in [6.07, 6.45) is 6.45. The van der Waals surface area contributed by atoms with Crippen LogP contribution in [0.25, 0.3) is 5.88 Å². The highest BCUT2D eigenvalue weighted by Crippen LogP contribution is 2.27. The third kappa shape index (κ3) is 3.68. The van der Waals surface area contributed by atoms with Crippen LogP contribution in [0.15, 0.2) is 28.9 Å². The molecule has 2 aromatic heterocycles. The van der Waals surface area contributed by atoms with Crippen molar-refractivity contribution in [3.8, 4) is 12.0 Å². The van der Waals surface area contributed by atoms with Crippen molar-refractivity contribution in [3.05, 3.63) is 41.4 Å². The predicted molar refractivity (Wildman–Crippen MR) is 102 cm³/mol. The van der Waals surface area contributed by atoms with Gasteiger partial charge in [0.2, 0.25) is 5.88 Å². The zero-order valence-electron chi connectivity index (χ0n) is 16.5. The van der Waals surface area contributed by atoms with Crippen LogP contribution in [-0.4, -0.2) is 40.0 Å². The number of ether oxygens (including phenoxy) is 1. The number of piperidine rings is 1. The zero-order chi connectivity index (χ0) is 20.3. The van der Waals surface area contributed by atoms with Gasteiger partial charge in [-0.15, -0.1) is 0 Å². The van der Waals surface area contributed by atoms with Gasteiger partial charge in [-0.3, -0.25) is 9.36 Å². The number of hydrogen-bond acceptors (Lipinski definition) is 5. The number of likely N-dealkylation sites (tertiary alicyclic amines) is 1. The summed E-state index contributed by atoms with van der Waals surface area (Å²) < 4.78 is 12.7. The molecule has 0 spiro atoms. The number of hydrogen-bond donors (Lipinski definition) is 0. The minimum absolute atomic E-state index is 0.0662. The smallest absolute Gasteiger partial charge is 0.343 e. The summed E-state index contributed by atoms with van der Waals surface area (Å²) in [6.45, 7) is 5.93. The Morgan fingerprint density at radius 3 is 2.71 bits per heavy atom. The van der Waals surface area contributed by atoms with Crippen LogP contribution in [0.1, 0.15) is 61.2 Å². The van der Waals surface area contributed by atoms with Gasteiger partial charge in [0.1, 0.15) is 23.0 Å². The van der Waals surface area contributed by atoms with Crippen molar-refractivity contribution in [3.63, 3.8) is 0 Å². The second kappa shape index (κ2) is 8.34. The third-order valence-corrected chi connectivity index (χ3v) is 5.23. The van der Waals surface area contributed by atoms with Crippen molar-refractivity contribution >= 4 is 11.9 Å². The van der Waals surface area contributed by atoms with E-state index >= 15 is 0 Å². The van der Waals surface area contributed by atoms with E-state index in [9.17, 15) is 14.9 Å². The lowest BCUT2D eigenvalue weighted by Crippen LogP contribution is -2.48. The van der Waals surface area contributed by atoms with Crippen LogP contribution in [0.4, 0.5) is 0 Å². The summed E-state index contributed by atoms with van der Waals surface area (Å²) in [4.78, 5) is 27.4. The minimum atomic E-state index is -0.921. The number of aryl methyl sites for hydroxylation is 1. The molecule has 148 valence electrons. The molecule has 2 unspecified atom stereocenters. The molecular formula is C21H25N3O4. The number of esters is 1. The van der Waals surface area contributed by atoms with Crippen molar-refractivity contribution in [1.82, 2.24) is 9.47 Å². The average Bonchev–Trinajstić information content (AvgIpc) is 3.34. The van der Waals surface area contributed by atoms with Gasteiger partial charge >= 0.3 is 5.97 Å². The average molecular weight is 383 g/mol. The molecule has 7 heteroatoms. The van der Waals surface area contributed by atoms with E-state index in [1.807, 2.05) is 11.0 Å². The molecule has 0 aliphatic carbocycles. The summed E-state index contributed by atoms with van der Waals surface area (Å²) in [5, 5.41) is 9.57. The van der Waals surface area contributed by atoms with Gasteiger partial charge in [-0.2, -0.15) is 5.26 Å². The molecular weight excluding hydrogens is 358 g/mol. The number of aromatic nitrogens is 1. The molecule has 1 fully saturated rings. The minimum Gasteiger partial charge on any atom is -0.449 e. The predicted octanol–water partition coefficient (Wildman–Crippen LogP) is 3.59. The Labute approximate surface area is 164 Å². The van der Waals surface area contributed by atoms with Gasteiger partial charge in [0.15, 0.2) is 6.10 Å². The first-order chi connectivity index (χ1) is 13.5. The molecule has 0 bridgehead atoms. The highest BCUT2D eigenvalue weighted by Gasteiger charge is 2.33. The van der Waals surface area contributed by atoms with E-state index in [-0.39, 0.29) is 34.7 Å². The van der Waals surface area contributed by atoms with Crippen molar-refractivity contribution in [2.75, 3.05) is 6.54 Å². The van der Waals surface area contributed by atoms with Crippen LogP contribution in [0, 0.1) is 18.3 Å². The molecule has 1 amide bonds. The monoisotopic (exact) mass is 383 g/mol. The van der Waals surface area contributed by atoms with Gasteiger partial charge in [0, 0.05) is 25.0 Å². The van der Waals surface area contributed by atoms with E-state index < -0.39 is 12.1 Å². The summed E-state index contributed by atoms with van der Waals surface area (Å²) in [7, 11) is 0. The molecule has 1 aliphatic heterocycles. The van der Waals surface area contributed by atoms with E-state index in [1.165, 1.54) is 0 Å². The molecule has 0 aromatic carbocycles. The maximum atomic E-state index is 12.8.